The van der Waals surface area contributed by atoms with Gasteiger partial charge in [0.15, 0.2) is 11.6 Å². The van der Waals surface area contributed by atoms with E-state index in [1.54, 1.807) is 44.5 Å². The third-order valence-corrected chi connectivity index (χ3v) is 14.1. The van der Waals surface area contributed by atoms with Crippen molar-refractivity contribution in [2.24, 2.45) is 0 Å². The van der Waals surface area contributed by atoms with Crippen LogP contribution in [0.15, 0.2) is 85.3 Å². The summed E-state index contributed by atoms with van der Waals surface area (Å²) in [6, 6.07) is 21.0. The first-order chi connectivity index (χ1) is 33.0. The first-order valence-electron chi connectivity index (χ1n) is 22.3. The number of aromatic nitrogens is 4. The summed E-state index contributed by atoms with van der Waals surface area (Å²) in [7, 11) is 3.72. The molecule has 4 bridgehead atoms. The molecule has 1 saturated heterocycles. The quantitative estimate of drug-likeness (QED) is 0.121. The number of rotatable bonds is 10. The van der Waals surface area contributed by atoms with Crippen LogP contribution in [0.25, 0.3) is 43.2 Å². The number of carbonyl (C=O) groups excluding carboxylic acids is 1. The van der Waals surface area contributed by atoms with Gasteiger partial charge in [-0.1, -0.05) is 47.5 Å². The van der Waals surface area contributed by atoms with Gasteiger partial charge in [0, 0.05) is 61.3 Å². The predicted molar refractivity (Wildman–Crippen MR) is 261 cm³/mol. The second kappa shape index (κ2) is 20.6. The monoisotopic (exact) mass is 978 g/mol. The number of benzene rings is 4. The van der Waals surface area contributed by atoms with Gasteiger partial charge < -0.3 is 33.3 Å². The van der Waals surface area contributed by atoms with E-state index in [1.807, 2.05) is 50.2 Å². The second-order valence-corrected chi connectivity index (χ2v) is 18.4. The minimum Gasteiger partial charge on any atom is -0.496 e. The number of halogens is 3. The van der Waals surface area contributed by atoms with E-state index in [0.717, 1.165) is 42.2 Å². The number of fused-ring (bicyclic) bond motifs is 7. The standard InChI is InChI=1S/C51H49Cl2FN6O7S/c1-6-63-51(61)40-24-32-23-35(15-16-38(32)65-26-34-17-18-55-48(58-34)37-9-7-8-10-39(37)62-5)64-27-36(25-60-21-19-59(4)20-22-60)66-46-44(52)29(2)41(30(3)45(46)53)42-43-49(67-40)56-28-57-50(43)68-47(42)31-11-13-33(54)14-12-31/h7-18,23,28,36,40H,6,19-22,24-27H2,1-5H3/t36-,40-/m1/s1. The minimum atomic E-state index is -1.23. The molecule has 0 amide bonds. The molecule has 0 radical (unpaired) electrons. The molecule has 0 aliphatic carbocycles. The van der Waals surface area contributed by atoms with Crippen molar-refractivity contribution in [3.63, 3.8) is 0 Å². The van der Waals surface area contributed by atoms with Crippen LogP contribution in [0, 0.1) is 19.7 Å². The molecule has 68 heavy (non-hydrogen) atoms. The van der Waals surface area contributed by atoms with Crippen molar-refractivity contribution >= 4 is 50.7 Å². The SMILES string of the molecule is CCOC(=O)[C@H]1Cc2cc(ccc2OCc2ccnc(-c3ccccc3OC)n2)OC[C@@H](CN2CCN(C)CC2)Oc2c(Cl)c(C)c(c(C)c2Cl)-c2c(-c3ccc(F)cc3)sc3ncnc(c23)O1. The Morgan fingerprint density at radius 1 is 0.912 bits per heavy atom. The number of esters is 1. The molecule has 352 valence electrons. The molecule has 0 unspecified atom stereocenters. The van der Waals surface area contributed by atoms with E-state index < -0.39 is 18.2 Å². The fourth-order valence-corrected chi connectivity index (χ4v) is 10.2. The van der Waals surface area contributed by atoms with E-state index in [9.17, 15) is 9.18 Å². The molecule has 2 atom stereocenters. The Kier molecular flexibility index (Phi) is 14.3. The molecule has 6 heterocycles. The summed E-state index contributed by atoms with van der Waals surface area (Å²) in [6.07, 6.45) is 1.30. The Labute approximate surface area is 407 Å². The van der Waals surface area contributed by atoms with E-state index in [1.165, 1.54) is 29.8 Å². The van der Waals surface area contributed by atoms with E-state index in [4.69, 9.17) is 61.6 Å². The van der Waals surface area contributed by atoms with Crippen molar-refractivity contribution in [2.75, 3.05) is 60.1 Å². The van der Waals surface area contributed by atoms with Gasteiger partial charge >= 0.3 is 5.97 Å². The average Bonchev–Trinajstić information content (AvgIpc) is 3.74. The topological polar surface area (TPSA) is 130 Å². The minimum absolute atomic E-state index is 0.0113. The molecule has 0 spiro atoms. The maximum atomic E-state index is 14.4. The molecule has 10 rings (SSSR count). The summed E-state index contributed by atoms with van der Waals surface area (Å²) in [5, 5.41) is 1.15. The van der Waals surface area contributed by atoms with Crippen LogP contribution in [0.3, 0.4) is 0 Å². The lowest BCUT2D eigenvalue weighted by atomic mass is 9.92. The predicted octanol–water partition coefficient (Wildman–Crippen LogP) is 10.1. The molecule has 3 aliphatic heterocycles. The van der Waals surface area contributed by atoms with Crippen molar-refractivity contribution < 1.29 is 37.6 Å². The third-order valence-electron chi connectivity index (χ3n) is 12.1. The number of likely N-dealkylation sites (N-methyl/N-ethyl adjacent to an activating group) is 1. The highest BCUT2D eigenvalue weighted by molar-refractivity contribution is 7.22. The molecule has 7 aromatic rings. The molecule has 0 saturated carbocycles. The summed E-state index contributed by atoms with van der Waals surface area (Å²) >= 11 is 16.1. The van der Waals surface area contributed by atoms with Crippen LogP contribution >= 0.6 is 34.5 Å². The van der Waals surface area contributed by atoms with Gasteiger partial charge in [0.25, 0.3) is 0 Å². The van der Waals surface area contributed by atoms with Gasteiger partial charge in [0.1, 0.15) is 53.5 Å². The average molecular weight is 980 g/mol. The van der Waals surface area contributed by atoms with Crippen LogP contribution in [0.1, 0.15) is 29.3 Å². The Bertz CT molecular complexity index is 2940. The largest absolute Gasteiger partial charge is 0.496 e. The van der Waals surface area contributed by atoms with Gasteiger partial charge in [-0.15, -0.1) is 11.3 Å². The lowest BCUT2D eigenvalue weighted by molar-refractivity contribution is -0.151. The smallest absolute Gasteiger partial charge is 0.347 e. The Balaban J connectivity index is 1.18. The molecule has 4 aromatic carbocycles. The zero-order chi connectivity index (χ0) is 47.5. The fraction of sp³-hybridized carbons (Fsp3) is 0.314. The van der Waals surface area contributed by atoms with E-state index in [2.05, 4.69) is 26.8 Å². The highest BCUT2D eigenvalue weighted by atomic mass is 35.5. The van der Waals surface area contributed by atoms with Gasteiger partial charge in [-0.2, -0.15) is 0 Å². The number of piperazine rings is 1. The Morgan fingerprint density at radius 3 is 2.43 bits per heavy atom. The van der Waals surface area contributed by atoms with Crippen molar-refractivity contribution in [3.05, 3.63) is 124 Å². The molecule has 3 aliphatic rings. The van der Waals surface area contributed by atoms with Crippen LogP contribution in [0.5, 0.6) is 28.9 Å². The van der Waals surface area contributed by atoms with Crippen molar-refractivity contribution in [1.29, 1.82) is 0 Å². The molecular weight excluding hydrogens is 931 g/mol. The van der Waals surface area contributed by atoms with E-state index in [-0.39, 0.29) is 37.9 Å². The van der Waals surface area contributed by atoms with Crippen molar-refractivity contribution in [3.8, 4) is 61.8 Å². The highest BCUT2D eigenvalue weighted by Gasteiger charge is 2.33. The molecule has 17 heteroatoms. The maximum Gasteiger partial charge on any atom is 0.347 e. The number of ether oxygens (including phenoxy) is 6. The lowest BCUT2D eigenvalue weighted by Gasteiger charge is -2.35. The van der Waals surface area contributed by atoms with Crippen LogP contribution in [0.4, 0.5) is 4.39 Å². The maximum absolute atomic E-state index is 14.4. The van der Waals surface area contributed by atoms with Gasteiger partial charge in [-0.05, 0) is 98.6 Å². The zero-order valence-corrected chi connectivity index (χ0v) is 40.5. The zero-order valence-electron chi connectivity index (χ0n) is 38.2. The van der Waals surface area contributed by atoms with Gasteiger partial charge in [0.05, 0.1) is 40.4 Å². The van der Waals surface area contributed by atoms with Gasteiger partial charge in [-0.3, -0.25) is 4.90 Å². The Morgan fingerprint density at radius 2 is 1.68 bits per heavy atom. The Hall–Kier alpha value is -6.10. The van der Waals surface area contributed by atoms with Crippen LogP contribution < -0.4 is 23.7 Å². The summed E-state index contributed by atoms with van der Waals surface area (Å²) in [5.41, 5.74) is 5.37. The van der Waals surface area contributed by atoms with Gasteiger partial charge in [0.2, 0.25) is 12.0 Å². The fourth-order valence-electron chi connectivity index (χ4n) is 8.53. The van der Waals surface area contributed by atoms with E-state index in [0.29, 0.717) is 89.1 Å². The number of methoxy groups -OCH3 is 1. The molecule has 0 N–H and O–H groups in total. The van der Waals surface area contributed by atoms with Crippen molar-refractivity contribution in [2.45, 2.75) is 46.0 Å². The number of thiophene rings is 1. The summed E-state index contributed by atoms with van der Waals surface area (Å²) in [4.78, 5) is 38.7. The normalized spacial score (nSPS) is 16.6. The van der Waals surface area contributed by atoms with Crippen LogP contribution in [-0.4, -0.2) is 108 Å². The second-order valence-electron chi connectivity index (χ2n) is 16.6. The van der Waals surface area contributed by atoms with Crippen LogP contribution in [-0.2, 0) is 22.6 Å². The van der Waals surface area contributed by atoms with Gasteiger partial charge in [-0.25, -0.2) is 29.1 Å². The number of carbonyl (C=O) groups is 1. The van der Waals surface area contributed by atoms with Crippen molar-refractivity contribution in [1.82, 2.24) is 29.7 Å². The molecular formula is C51H49Cl2FN6O7S. The summed E-state index contributed by atoms with van der Waals surface area (Å²) < 4.78 is 52.4. The van der Waals surface area contributed by atoms with Crippen LogP contribution in [0.2, 0.25) is 10.0 Å². The third kappa shape index (κ3) is 9.90. The first kappa shape index (κ1) is 47.0. The first-order valence-corrected chi connectivity index (χ1v) is 23.8. The molecule has 1 fully saturated rings. The number of hydrogen-bond donors (Lipinski definition) is 0. The molecule has 3 aromatic heterocycles. The summed E-state index contributed by atoms with van der Waals surface area (Å²) in [5.74, 6) is 1.53. The van der Waals surface area contributed by atoms with E-state index >= 15 is 0 Å². The number of hydrogen-bond acceptors (Lipinski definition) is 14. The number of para-hydroxylation sites is 1. The summed E-state index contributed by atoms with van der Waals surface area (Å²) in [6.45, 7) is 9.88. The lowest BCUT2D eigenvalue weighted by Crippen LogP contribution is -2.49. The molecule has 13 nitrogen and oxygen atoms in total. The number of nitrogens with zero attached hydrogens (tertiary/aromatic N) is 6. The highest BCUT2D eigenvalue weighted by Crippen LogP contribution is 2.53.